The molecule has 1 aliphatic rings. The Balaban J connectivity index is 1.42. The molecular formula is C30H28N2O3. The number of aliphatic carboxylic acids is 1. The summed E-state index contributed by atoms with van der Waals surface area (Å²) in [6.45, 7) is 0. The maximum atomic E-state index is 13.1. The molecule has 4 aromatic rings. The van der Waals surface area contributed by atoms with Gasteiger partial charge in [0.05, 0.1) is 17.3 Å². The van der Waals surface area contributed by atoms with E-state index >= 15 is 0 Å². The van der Waals surface area contributed by atoms with Gasteiger partial charge in [-0.2, -0.15) is 0 Å². The summed E-state index contributed by atoms with van der Waals surface area (Å²) in [7, 11) is 0. The minimum absolute atomic E-state index is 0.0396. The maximum Gasteiger partial charge on any atom is 0.303 e. The number of fused-ring (bicyclic) bond motifs is 2. The number of amides is 1. The number of aromatic nitrogens is 1. The van der Waals surface area contributed by atoms with E-state index < -0.39 is 5.97 Å². The Morgan fingerprint density at radius 3 is 2.57 bits per heavy atom. The van der Waals surface area contributed by atoms with E-state index in [1.807, 2.05) is 60.7 Å². The van der Waals surface area contributed by atoms with E-state index in [4.69, 9.17) is 10.1 Å². The number of unbranched alkanes of at least 4 members (excludes halogenated alkanes) is 1. The number of aryl methyl sites for hydroxylation is 2. The van der Waals surface area contributed by atoms with Crippen LogP contribution in [-0.2, 0) is 17.6 Å². The van der Waals surface area contributed by atoms with E-state index in [0.29, 0.717) is 12.0 Å². The van der Waals surface area contributed by atoms with Crippen molar-refractivity contribution in [2.24, 2.45) is 0 Å². The second-order valence-corrected chi connectivity index (χ2v) is 9.13. The Morgan fingerprint density at radius 2 is 1.74 bits per heavy atom. The van der Waals surface area contributed by atoms with Crippen LogP contribution in [0.15, 0.2) is 78.9 Å². The third-order valence-corrected chi connectivity index (χ3v) is 6.73. The SMILES string of the molecule is O=C(O)CCCCc1cc2cc(C(=O)NC3CCc4ccccc43)ccc2nc1-c1ccccc1. The van der Waals surface area contributed by atoms with E-state index in [0.717, 1.165) is 53.4 Å². The molecule has 1 atom stereocenters. The smallest absolute Gasteiger partial charge is 0.303 e. The zero-order valence-electron chi connectivity index (χ0n) is 19.5. The van der Waals surface area contributed by atoms with Crippen LogP contribution in [0.2, 0.25) is 0 Å². The number of carboxylic acid groups (broad SMARTS) is 1. The topological polar surface area (TPSA) is 79.3 Å². The molecule has 3 aromatic carbocycles. The minimum Gasteiger partial charge on any atom is -0.481 e. The van der Waals surface area contributed by atoms with Gasteiger partial charge in [-0.05, 0) is 73.1 Å². The Hall–Kier alpha value is -3.99. The molecule has 35 heavy (non-hydrogen) atoms. The van der Waals surface area contributed by atoms with Gasteiger partial charge in [0.25, 0.3) is 5.91 Å². The van der Waals surface area contributed by atoms with E-state index in [2.05, 4.69) is 23.5 Å². The summed E-state index contributed by atoms with van der Waals surface area (Å²) in [5.74, 6) is -0.853. The number of rotatable bonds is 8. The van der Waals surface area contributed by atoms with Crippen LogP contribution in [0, 0.1) is 0 Å². The molecule has 0 radical (unpaired) electrons. The summed E-state index contributed by atoms with van der Waals surface area (Å²) >= 11 is 0. The Kier molecular flexibility index (Phi) is 6.57. The van der Waals surface area contributed by atoms with Gasteiger partial charge in [-0.3, -0.25) is 9.59 Å². The number of carbonyl (C=O) groups excluding carboxylic acids is 1. The van der Waals surface area contributed by atoms with Gasteiger partial charge in [-0.15, -0.1) is 0 Å². The fourth-order valence-electron chi connectivity index (χ4n) is 4.94. The van der Waals surface area contributed by atoms with Crippen molar-refractivity contribution in [2.75, 3.05) is 0 Å². The van der Waals surface area contributed by atoms with E-state index in [-0.39, 0.29) is 18.4 Å². The molecule has 5 heteroatoms. The molecule has 1 unspecified atom stereocenters. The van der Waals surface area contributed by atoms with E-state index in [1.165, 1.54) is 11.1 Å². The van der Waals surface area contributed by atoms with Gasteiger partial charge in [0.2, 0.25) is 0 Å². The monoisotopic (exact) mass is 464 g/mol. The molecule has 1 heterocycles. The van der Waals surface area contributed by atoms with Crippen LogP contribution in [0.5, 0.6) is 0 Å². The number of carboxylic acids is 1. The quantitative estimate of drug-likeness (QED) is 0.308. The predicted molar refractivity (Wildman–Crippen MR) is 137 cm³/mol. The van der Waals surface area contributed by atoms with Gasteiger partial charge in [0.1, 0.15) is 0 Å². The summed E-state index contributed by atoms with van der Waals surface area (Å²) in [6, 6.07) is 26.1. The second kappa shape index (κ2) is 10.1. The highest BCUT2D eigenvalue weighted by atomic mass is 16.4. The summed E-state index contributed by atoms with van der Waals surface area (Å²) in [4.78, 5) is 29.0. The summed E-state index contributed by atoms with van der Waals surface area (Å²) < 4.78 is 0. The molecule has 5 nitrogen and oxygen atoms in total. The lowest BCUT2D eigenvalue weighted by Crippen LogP contribution is -2.27. The molecule has 2 N–H and O–H groups in total. The lowest BCUT2D eigenvalue weighted by atomic mass is 9.98. The molecule has 0 bridgehead atoms. The summed E-state index contributed by atoms with van der Waals surface area (Å²) in [5.41, 5.74) is 6.98. The first-order valence-electron chi connectivity index (χ1n) is 12.2. The zero-order valence-corrected chi connectivity index (χ0v) is 19.5. The van der Waals surface area contributed by atoms with Crippen molar-refractivity contribution in [2.45, 2.75) is 44.6 Å². The van der Waals surface area contributed by atoms with Gasteiger partial charge < -0.3 is 10.4 Å². The number of nitrogens with one attached hydrogen (secondary N) is 1. The standard InChI is InChI=1S/C30H28N2O3/c33-28(34)13-7-5-11-22-18-24-19-23(15-16-26(24)31-29(22)21-9-2-1-3-10-21)30(35)32-27-17-14-20-8-4-6-12-25(20)27/h1-4,6,8-10,12,15-16,18-19,27H,5,7,11,13-14,17H2,(H,32,35)(H,33,34). The molecule has 0 spiro atoms. The molecular weight excluding hydrogens is 436 g/mol. The van der Waals surface area contributed by atoms with Crippen LogP contribution in [0.25, 0.3) is 22.2 Å². The molecule has 1 aromatic heterocycles. The number of benzene rings is 3. The molecule has 176 valence electrons. The van der Waals surface area contributed by atoms with Crippen molar-refractivity contribution in [3.8, 4) is 11.3 Å². The van der Waals surface area contributed by atoms with Gasteiger partial charge >= 0.3 is 5.97 Å². The van der Waals surface area contributed by atoms with Crippen molar-refractivity contribution >= 4 is 22.8 Å². The van der Waals surface area contributed by atoms with Crippen LogP contribution < -0.4 is 5.32 Å². The average molecular weight is 465 g/mol. The van der Waals surface area contributed by atoms with Gasteiger partial charge in [-0.1, -0.05) is 54.6 Å². The van der Waals surface area contributed by atoms with Gasteiger partial charge in [0.15, 0.2) is 0 Å². The van der Waals surface area contributed by atoms with Crippen LogP contribution in [0.3, 0.4) is 0 Å². The summed E-state index contributed by atoms with van der Waals surface area (Å²) in [5, 5.41) is 13.1. The second-order valence-electron chi connectivity index (χ2n) is 9.13. The highest BCUT2D eigenvalue weighted by molar-refractivity contribution is 5.98. The van der Waals surface area contributed by atoms with E-state index in [9.17, 15) is 9.59 Å². The number of nitrogens with zero attached hydrogens (tertiary/aromatic N) is 1. The molecule has 0 fully saturated rings. The van der Waals surface area contributed by atoms with Crippen molar-refractivity contribution in [3.05, 3.63) is 101 Å². The molecule has 5 rings (SSSR count). The predicted octanol–water partition coefficient (Wildman–Crippen LogP) is 6.12. The largest absolute Gasteiger partial charge is 0.481 e. The molecule has 1 amide bonds. The molecule has 0 aliphatic heterocycles. The van der Waals surface area contributed by atoms with Crippen molar-refractivity contribution < 1.29 is 14.7 Å². The van der Waals surface area contributed by atoms with Crippen LogP contribution >= 0.6 is 0 Å². The highest BCUT2D eigenvalue weighted by Crippen LogP contribution is 2.31. The first-order chi connectivity index (χ1) is 17.1. The van der Waals surface area contributed by atoms with Crippen molar-refractivity contribution in [3.63, 3.8) is 0 Å². The maximum absolute atomic E-state index is 13.1. The zero-order chi connectivity index (χ0) is 24.2. The average Bonchev–Trinajstić information content (AvgIpc) is 3.29. The number of hydrogen-bond donors (Lipinski definition) is 2. The molecule has 0 saturated heterocycles. The third kappa shape index (κ3) is 5.09. The number of hydrogen-bond acceptors (Lipinski definition) is 3. The number of carbonyl (C=O) groups is 2. The van der Waals surface area contributed by atoms with Crippen molar-refractivity contribution in [1.82, 2.24) is 10.3 Å². The summed E-state index contributed by atoms with van der Waals surface area (Å²) in [6.07, 6.45) is 4.18. The minimum atomic E-state index is -0.773. The van der Waals surface area contributed by atoms with Crippen LogP contribution in [0.4, 0.5) is 0 Å². The molecule has 0 saturated carbocycles. The van der Waals surface area contributed by atoms with Crippen LogP contribution in [0.1, 0.15) is 58.8 Å². The first-order valence-corrected chi connectivity index (χ1v) is 12.2. The number of pyridine rings is 1. The fourth-order valence-corrected chi connectivity index (χ4v) is 4.94. The fraction of sp³-hybridized carbons (Fsp3) is 0.233. The Bertz CT molecular complexity index is 1380. The Morgan fingerprint density at radius 1 is 0.943 bits per heavy atom. The van der Waals surface area contributed by atoms with E-state index in [1.54, 1.807) is 0 Å². The third-order valence-electron chi connectivity index (χ3n) is 6.73. The lowest BCUT2D eigenvalue weighted by molar-refractivity contribution is -0.137. The highest BCUT2D eigenvalue weighted by Gasteiger charge is 2.24. The first kappa shape index (κ1) is 22.8. The lowest BCUT2D eigenvalue weighted by Gasteiger charge is -2.15. The van der Waals surface area contributed by atoms with Gasteiger partial charge in [-0.25, -0.2) is 4.98 Å². The van der Waals surface area contributed by atoms with Crippen molar-refractivity contribution in [1.29, 1.82) is 0 Å². The van der Waals surface area contributed by atoms with Crippen LogP contribution in [-0.4, -0.2) is 22.0 Å². The molecule has 1 aliphatic carbocycles. The normalized spacial score (nSPS) is 14.6. The van der Waals surface area contributed by atoms with Gasteiger partial charge in [0, 0.05) is 22.9 Å². The Labute approximate surface area is 204 Å².